The van der Waals surface area contributed by atoms with Crippen LogP contribution in [-0.4, -0.2) is 19.6 Å². The molecule has 0 aromatic heterocycles. The van der Waals surface area contributed by atoms with E-state index >= 15 is 0 Å². The molecule has 90 valence electrons. The normalized spacial score (nSPS) is 12.1. The van der Waals surface area contributed by atoms with E-state index in [9.17, 15) is 14.0 Å². The predicted octanol–water partition coefficient (Wildman–Crippen LogP) is 2.40. The van der Waals surface area contributed by atoms with Gasteiger partial charge in [-0.2, -0.15) is 0 Å². The van der Waals surface area contributed by atoms with E-state index in [1.807, 2.05) is 0 Å². The molecule has 0 bridgehead atoms. The maximum Gasteiger partial charge on any atom is 0.508 e. The van der Waals surface area contributed by atoms with E-state index in [4.69, 9.17) is 4.74 Å². The van der Waals surface area contributed by atoms with E-state index in [1.54, 1.807) is 0 Å². The molecular weight excluding hydrogens is 227 g/mol. The van der Waals surface area contributed by atoms with E-state index in [1.165, 1.54) is 43.5 Å². The molecule has 0 heterocycles. The van der Waals surface area contributed by atoms with Crippen molar-refractivity contribution in [2.24, 2.45) is 0 Å². The molecule has 0 aliphatic rings. The number of carbonyl (C=O) groups excluding carboxylic acids is 2. The molecule has 1 atom stereocenters. The Balaban J connectivity index is 2.88. The minimum Gasteiger partial charge on any atom is -0.438 e. The molecule has 0 amide bonds. The van der Waals surface area contributed by atoms with Gasteiger partial charge in [0.05, 0.1) is 7.11 Å². The number of hydrogen-bond donors (Lipinski definition) is 0. The van der Waals surface area contributed by atoms with Crippen LogP contribution < -0.4 is 0 Å². The molecule has 0 aliphatic carbocycles. The minimum absolute atomic E-state index is 0.398. The molecule has 0 spiro atoms. The van der Waals surface area contributed by atoms with Crippen LogP contribution in [0.3, 0.4) is 0 Å². The van der Waals surface area contributed by atoms with Crippen LogP contribution in [0.1, 0.15) is 11.7 Å². The highest BCUT2D eigenvalue weighted by Gasteiger charge is 2.13. The van der Waals surface area contributed by atoms with Crippen LogP contribution in [0.2, 0.25) is 0 Å². The lowest BCUT2D eigenvalue weighted by molar-refractivity contribution is -0.104. The first-order valence-electron chi connectivity index (χ1n) is 4.79. The highest BCUT2D eigenvalue weighted by molar-refractivity contribution is 5.65. The first-order valence-corrected chi connectivity index (χ1v) is 4.79. The number of methoxy groups -OCH3 is 1. The Bertz CT molecular complexity index is 411. The summed E-state index contributed by atoms with van der Waals surface area (Å²) in [5.74, 6) is -0.398. The Morgan fingerprint density at radius 2 is 2.00 bits per heavy atom. The van der Waals surface area contributed by atoms with Crippen LogP contribution >= 0.6 is 0 Å². The summed E-state index contributed by atoms with van der Waals surface area (Å²) in [5, 5.41) is 0. The van der Waals surface area contributed by atoms with Crippen molar-refractivity contribution in [1.29, 1.82) is 0 Å². The molecule has 0 N–H and O–H groups in total. The van der Waals surface area contributed by atoms with Crippen molar-refractivity contribution >= 4 is 12.4 Å². The van der Waals surface area contributed by atoms with Crippen LogP contribution in [0.25, 0.3) is 0 Å². The largest absolute Gasteiger partial charge is 0.508 e. The van der Waals surface area contributed by atoms with E-state index < -0.39 is 18.1 Å². The number of allylic oxidation sites excluding steroid dienone is 1. The molecule has 1 rings (SSSR count). The predicted molar refractivity (Wildman–Crippen MR) is 57.8 cm³/mol. The zero-order valence-corrected chi connectivity index (χ0v) is 9.13. The first-order chi connectivity index (χ1) is 8.17. The molecule has 1 aromatic rings. The van der Waals surface area contributed by atoms with Crippen molar-refractivity contribution in [2.45, 2.75) is 6.10 Å². The molecule has 0 radical (unpaired) electrons. The lowest BCUT2D eigenvalue weighted by Crippen LogP contribution is -2.09. The maximum atomic E-state index is 12.7. The van der Waals surface area contributed by atoms with Gasteiger partial charge in [-0.1, -0.05) is 12.1 Å². The third kappa shape index (κ3) is 4.06. The van der Waals surface area contributed by atoms with Crippen LogP contribution in [0.15, 0.2) is 36.4 Å². The summed E-state index contributed by atoms with van der Waals surface area (Å²) in [4.78, 5) is 21.2. The van der Waals surface area contributed by atoms with Crippen LogP contribution in [0.4, 0.5) is 9.18 Å². The Morgan fingerprint density at radius 1 is 1.35 bits per heavy atom. The van der Waals surface area contributed by atoms with Crippen molar-refractivity contribution in [2.75, 3.05) is 7.11 Å². The maximum absolute atomic E-state index is 12.7. The van der Waals surface area contributed by atoms with E-state index in [0.717, 1.165) is 0 Å². The third-order valence-corrected chi connectivity index (χ3v) is 1.95. The van der Waals surface area contributed by atoms with Crippen molar-refractivity contribution in [1.82, 2.24) is 0 Å². The fraction of sp³-hybridized carbons (Fsp3) is 0.167. The molecule has 5 heteroatoms. The summed E-state index contributed by atoms with van der Waals surface area (Å²) in [5.41, 5.74) is 0.537. The van der Waals surface area contributed by atoms with Gasteiger partial charge in [-0.05, 0) is 29.8 Å². The van der Waals surface area contributed by atoms with Gasteiger partial charge in [0.2, 0.25) is 0 Å². The number of halogens is 1. The average molecular weight is 238 g/mol. The van der Waals surface area contributed by atoms with E-state index in [-0.39, 0.29) is 0 Å². The smallest absolute Gasteiger partial charge is 0.438 e. The average Bonchev–Trinajstić information content (AvgIpc) is 2.35. The van der Waals surface area contributed by atoms with Crippen molar-refractivity contribution in [3.05, 3.63) is 47.8 Å². The topological polar surface area (TPSA) is 52.6 Å². The summed E-state index contributed by atoms with van der Waals surface area (Å²) in [6.45, 7) is 0. The van der Waals surface area contributed by atoms with E-state index in [0.29, 0.717) is 11.8 Å². The number of carbonyl (C=O) groups is 2. The monoisotopic (exact) mass is 238 g/mol. The molecule has 0 aliphatic heterocycles. The number of benzene rings is 1. The van der Waals surface area contributed by atoms with Gasteiger partial charge in [0.15, 0.2) is 0 Å². The van der Waals surface area contributed by atoms with Gasteiger partial charge < -0.3 is 9.47 Å². The minimum atomic E-state index is -0.880. The Morgan fingerprint density at radius 3 is 2.53 bits per heavy atom. The Kier molecular flexibility index (Phi) is 4.87. The van der Waals surface area contributed by atoms with Crippen molar-refractivity contribution < 1.29 is 23.5 Å². The summed E-state index contributed by atoms with van der Waals surface area (Å²) in [7, 11) is 1.17. The highest BCUT2D eigenvalue weighted by Crippen LogP contribution is 2.19. The number of rotatable bonds is 4. The molecular formula is C12H11FO4. The molecule has 1 unspecified atom stereocenters. The summed E-state index contributed by atoms with van der Waals surface area (Å²) in [6, 6.07) is 5.38. The van der Waals surface area contributed by atoms with E-state index in [2.05, 4.69) is 4.74 Å². The summed E-state index contributed by atoms with van der Waals surface area (Å²) < 4.78 is 22.0. The number of ether oxygens (including phenoxy) is 2. The molecule has 0 fully saturated rings. The first kappa shape index (κ1) is 12.9. The quantitative estimate of drug-likeness (QED) is 0.459. The van der Waals surface area contributed by atoms with Gasteiger partial charge in [0, 0.05) is 0 Å². The Hall–Kier alpha value is -2.17. The molecule has 17 heavy (non-hydrogen) atoms. The number of aldehydes is 1. The molecule has 0 saturated heterocycles. The van der Waals surface area contributed by atoms with Gasteiger partial charge in [0.25, 0.3) is 0 Å². The van der Waals surface area contributed by atoms with Crippen LogP contribution in [0, 0.1) is 5.82 Å². The zero-order chi connectivity index (χ0) is 12.7. The standard InChI is InChI=1S/C12H11FO4/c1-16-12(15)17-11(3-2-8-14)9-4-6-10(13)7-5-9/h2-8,11H,1H3/b3-2+. The fourth-order valence-corrected chi connectivity index (χ4v) is 1.17. The van der Waals surface area contributed by atoms with Crippen molar-refractivity contribution in [3.63, 3.8) is 0 Å². The second-order valence-electron chi connectivity index (χ2n) is 3.07. The molecule has 0 saturated carbocycles. The fourth-order valence-electron chi connectivity index (χ4n) is 1.17. The molecule has 1 aromatic carbocycles. The van der Waals surface area contributed by atoms with Crippen LogP contribution in [-0.2, 0) is 14.3 Å². The van der Waals surface area contributed by atoms with Crippen molar-refractivity contribution in [3.8, 4) is 0 Å². The number of hydrogen-bond acceptors (Lipinski definition) is 4. The Labute approximate surface area is 97.6 Å². The van der Waals surface area contributed by atoms with Gasteiger partial charge in [-0.3, -0.25) is 4.79 Å². The SMILES string of the molecule is COC(=O)OC(/C=C/C=O)c1ccc(F)cc1. The van der Waals surface area contributed by atoms with Gasteiger partial charge in [0.1, 0.15) is 18.2 Å². The lowest BCUT2D eigenvalue weighted by atomic mass is 10.1. The van der Waals surface area contributed by atoms with Gasteiger partial charge >= 0.3 is 6.16 Å². The summed E-state index contributed by atoms with van der Waals surface area (Å²) >= 11 is 0. The van der Waals surface area contributed by atoms with Crippen LogP contribution in [0.5, 0.6) is 0 Å². The van der Waals surface area contributed by atoms with Gasteiger partial charge in [-0.25, -0.2) is 9.18 Å². The second kappa shape index (κ2) is 6.42. The second-order valence-corrected chi connectivity index (χ2v) is 3.07. The highest BCUT2D eigenvalue weighted by atomic mass is 19.1. The third-order valence-electron chi connectivity index (χ3n) is 1.95. The van der Waals surface area contributed by atoms with Gasteiger partial charge in [-0.15, -0.1) is 0 Å². The summed E-state index contributed by atoms with van der Waals surface area (Å²) in [6.07, 6.45) is 1.45. The lowest BCUT2D eigenvalue weighted by Gasteiger charge is -2.13. The molecule has 4 nitrogen and oxygen atoms in total. The zero-order valence-electron chi connectivity index (χ0n) is 9.13.